The van der Waals surface area contributed by atoms with Gasteiger partial charge in [-0.15, -0.1) is 0 Å². The van der Waals surface area contributed by atoms with Crippen molar-refractivity contribution in [1.29, 1.82) is 0 Å². The molecule has 98 valence electrons. The first-order valence-electron chi connectivity index (χ1n) is 6.89. The first-order valence-corrected chi connectivity index (χ1v) is 6.89. The van der Waals surface area contributed by atoms with Crippen LogP contribution in [0.3, 0.4) is 0 Å². The van der Waals surface area contributed by atoms with Gasteiger partial charge in [-0.1, -0.05) is 42.5 Å². The van der Waals surface area contributed by atoms with E-state index in [1.54, 1.807) is 0 Å². The highest BCUT2D eigenvalue weighted by Crippen LogP contribution is 2.47. The summed E-state index contributed by atoms with van der Waals surface area (Å²) >= 11 is 0. The van der Waals surface area contributed by atoms with Crippen LogP contribution in [0.15, 0.2) is 42.5 Å². The maximum atomic E-state index is 12.9. The van der Waals surface area contributed by atoms with Crippen molar-refractivity contribution in [2.45, 2.75) is 19.8 Å². The number of hydrogen-bond donors (Lipinski definition) is 0. The van der Waals surface area contributed by atoms with Crippen molar-refractivity contribution in [3.05, 3.63) is 70.3 Å². The molecule has 0 heterocycles. The lowest BCUT2D eigenvalue weighted by Gasteiger charge is -2.18. The minimum Gasteiger partial charge on any atom is -0.293 e. The molecule has 2 nitrogen and oxygen atoms in total. The van der Waals surface area contributed by atoms with Crippen molar-refractivity contribution in [3.8, 4) is 0 Å². The molecule has 0 fully saturated rings. The van der Waals surface area contributed by atoms with Crippen LogP contribution in [0, 0.1) is 12.3 Å². The van der Waals surface area contributed by atoms with Crippen molar-refractivity contribution in [2.24, 2.45) is 5.41 Å². The zero-order chi connectivity index (χ0) is 13.9. The molecule has 0 saturated carbocycles. The zero-order valence-electron chi connectivity index (χ0n) is 11.3. The van der Waals surface area contributed by atoms with Gasteiger partial charge >= 0.3 is 0 Å². The van der Waals surface area contributed by atoms with E-state index in [2.05, 4.69) is 0 Å². The normalized spacial score (nSPS) is 23.2. The Labute approximate surface area is 117 Å². The van der Waals surface area contributed by atoms with Gasteiger partial charge in [0.25, 0.3) is 0 Å². The average molecular weight is 262 g/mol. The van der Waals surface area contributed by atoms with Crippen molar-refractivity contribution >= 4 is 11.6 Å². The molecule has 1 atom stereocenters. The summed E-state index contributed by atoms with van der Waals surface area (Å²) in [4.78, 5) is 25.7. The maximum Gasteiger partial charge on any atom is 0.177 e. The van der Waals surface area contributed by atoms with Crippen LogP contribution in [-0.4, -0.2) is 11.6 Å². The van der Waals surface area contributed by atoms with E-state index in [9.17, 15) is 9.59 Å². The summed E-state index contributed by atoms with van der Waals surface area (Å²) < 4.78 is 0. The number of benzene rings is 2. The first kappa shape index (κ1) is 11.6. The number of fused-ring (bicyclic) bond motifs is 2. The Morgan fingerprint density at radius 3 is 2.30 bits per heavy atom. The Morgan fingerprint density at radius 2 is 1.55 bits per heavy atom. The van der Waals surface area contributed by atoms with Crippen molar-refractivity contribution in [1.82, 2.24) is 0 Å². The Hall–Kier alpha value is -2.22. The molecule has 0 amide bonds. The molecule has 0 bridgehead atoms. The van der Waals surface area contributed by atoms with Crippen LogP contribution in [0.1, 0.15) is 37.4 Å². The van der Waals surface area contributed by atoms with Gasteiger partial charge in [0, 0.05) is 11.1 Å². The maximum absolute atomic E-state index is 12.9. The molecule has 4 rings (SSSR count). The van der Waals surface area contributed by atoms with Crippen molar-refractivity contribution in [3.63, 3.8) is 0 Å². The number of carbonyl (C=O) groups is 2. The zero-order valence-corrected chi connectivity index (χ0v) is 11.3. The Kier molecular flexibility index (Phi) is 2.12. The van der Waals surface area contributed by atoms with Crippen LogP contribution in [0.25, 0.3) is 0 Å². The first-order chi connectivity index (χ1) is 9.63. The van der Waals surface area contributed by atoms with Crippen molar-refractivity contribution in [2.75, 3.05) is 0 Å². The molecule has 1 spiro atoms. The second-order valence-electron chi connectivity index (χ2n) is 5.86. The molecule has 20 heavy (non-hydrogen) atoms. The smallest absolute Gasteiger partial charge is 0.177 e. The number of hydrogen-bond acceptors (Lipinski definition) is 2. The molecule has 2 aromatic rings. The van der Waals surface area contributed by atoms with Gasteiger partial charge in [0.2, 0.25) is 0 Å². The van der Waals surface area contributed by atoms with Gasteiger partial charge in [-0.05, 0) is 36.5 Å². The predicted molar refractivity (Wildman–Crippen MR) is 76.1 cm³/mol. The highest BCUT2D eigenvalue weighted by atomic mass is 16.2. The largest absolute Gasteiger partial charge is 0.293 e. The summed E-state index contributed by atoms with van der Waals surface area (Å²) in [6, 6.07) is 13.5. The fourth-order valence-corrected chi connectivity index (χ4v) is 3.73. The minimum absolute atomic E-state index is 0.00806. The minimum atomic E-state index is -0.863. The number of rotatable bonds is 0. The number of Topliss-reactive ketones (excluding diaryl/α,β-unsaturated/α-hetero) is 2. The van der Waals surface area contributed by atoms with E-state index < -0.39 is 5.41 Å². The van der Waals surface area contributed by atoms with Crippen LogP contribution in [0.2, 0.25) is 0 Å². The molecule has 0 unspecified atom stereocenters. The molecule has 2 aliphatic carbocycles. The van der Waals surface area contributed by atoms with Crippen LogP contribution in [0.5, 0.6) is 0 Å². The summed E-state index contributed by atoms with van der Waals surface area (Å²) in [5, 5.41) is 0. The third-order valence-electron chi connectivity index (χ3n) is 4.70. The monoisotopic (exact) mass is 262 g/mol. The van der Waals surface area contributed by atoms with E-state index >= 15 is 0 Å². The highest BCUT2D eigenvalue weighted by molar-refractivity contribution is 6.25. The standard InChI is InChI=1S/C18H14O2/c1-11-5-4-7-13-10-18(17(20)15(11)13)9-12-6-2-3-8-14(12)16(18)19/h2-8H,9-10H2,1H3/t18-/m0/s1. The topological polar surface area (TPSA) is 34.1 Å². The van der Waals surface area contributed by atoms with Crippen molar-refractivity contribution < 1.29 is 9.59 Å². The summed E-state index contributed by atoms with van der Waals surface area (Å²) in [6.45, 7) is 1.95. The van der Waals surface area contributed by atoms with Crippen LogP contribution in [-0.2, 0) is 12.8 Å². The van der Waals surface area contributed by atoms with Crippen LogP contribution < -0.4 is 0 Å². The van der Waals surface area contributed by atoms with E-state index in [0.29, 0.717) is 12.8 Å². The summed E-state index contributed by atoms with van der Waals surface area (Å²) in [5.74, 6) is 0.0282. The highest BCUT2D eigenvalue weighted by Gasteiger charge is 2.55. The summed E-state index contributed by atoms with van der Waals surface area (Å²) in [7, 11) is 0. The lowest BCUT2D eigenvalue weighted by atomic mass is 9.79. The molecule has 2 aliphatic rings. The number of ketones is 2. The lowest BCUT2D eigenvalue weighted by molar-refractivity contribution is 0.0705. The molecule has 2 heteroatoms. The molecule has 0 N–H and O–H groups in total. The SMILES string of the molecule is Cc1cccc2c1C(=O)[C@@]1(Cc3ccccc3C1=O)C2. The van der Waals surface area contributed by atoms with Gasteiger partial charge in [0.05, 0.1) is 0 Å². The van der Waals surface area contributed by atoms with E-state index in [1.165, 1.54) is 0 Å². The van der Waals surface area contributed by atoms with Crippen LogP contribution in [0.4, 0.5) is 0 Å². The number of carbonyl (C=O) groups excluding carboxylic acids is 2. The second-order valence-corrected chi connectivity index (χ2v) is 5.86. The molecule has 0 radical (unpaired) electrons. The Bertz CT molecular complexity index is 773. The second kappa shape index (κ2) is 3.66. The molecule has 0 aliphatic heterocycles. The fourth-order valence-electron chi connectivity index (χ4n) is 3.73. The van der Waals surface area contributed by atoms with Gasteiger partial charge in [-0.3, -0.25) is 9.59 Å². The quantitative estimate of drug-likeness (QED) is 0.683. The third kappa shape index (κ3) is 1.24. The molecular formula is C18H14O2. The van der Waals surface area contributed by atoms with E-state index in [1.807, 2.05) is 49.4 Å². The van der Waals surface area contributed by atoms with Gasteiger partial charge in [0.15, 0.2) is 11.6 Å². The average Bonchev–Trinajstić information content (AvgIpc) is 2.89. The lowest BCUT2D eigenvalue weighted by Crippen LogP contribution is -2.34. The van der Waals surface area contributed by atoms with Gasteiger partial charge in [0.1, 0.15) is 5.41 Å². The number of aryl methyl sites for hydroxylation is 1. The fraction of sp³-hybridized carbons (Fsp3) is 0.222. The predicted octanol–water partition coefficient (Wildman–Crippen LogP) is 3.16. The Morgan fingerprint density at radius 1 is 0.850 bits per heavy atom. The van der Waals surface area contributed by atoms with Gasteiger partial charge in [-0.2, -0.15) is 0 Å². The molecule has 0 aromatic heterocycles. The van der Waals surface area contributed by atoms with E-state index in [0.717, 1.165) is 27.8 Å². The van der Waals surface area contributed by atoms with E-state index in [4.69, 9.17) is 0 Å². The molecular weight excluding hydrogens is 248 g/mol. The summed E-state index contributed by atoms with van der Waals surface area (Å²) in [5.41, 5.74) is 3.65. The van der Waals surface area contributed by atoms with Crippen LogP contribution >= 0.6 is 0 Å². The van der Waals surface area contributed by atoms with Gasteiger partial charge in [-0.25, -0.2) is 0 Å². The van der Waals surface area contributed by atoms with E-state index in [-0.39, 0.29) is 11.6 Å². The third-order valence-corrected chi connectivity index (χ3v) is 4.70. The molecule has 2 aromatic carbocycles. The summed E-state index contributed by atoms with van der Waals surface area (Å²) in [6.07, 6.45) is 1.10. The molecule has 0 saturated heterocycles. The Balaban J connectivity index is 1.90. The van der Waals surface area contributed by atoms with Gasteiger partial charge < -0.3 is 0 Å².